The van der Waals surface area contributed by atoms with Gasteiger partial charge in [-0.1, -0.05) is 19.4 Å². The first-order valence-corrected chi connectivity index (χ1v) is 5.54. The fourth-order valence-electron chi connectivity index (χ4n) is 2.50. The van der Waals surface area contributed by atoms with Gasteiger partial charge in [-0.15, -0.1) is 0 Å². The molecule has 0 N–H and O–H groups in total. The molecule has 0 radical (unpaired) electrons. The van der Waals surface area contributed by atoms with Crippen molar-refractivity contribution in [2.45, 2.75) is 41.0 Å². The van der Waals surface area contributed by atoms with E-state index in [0.29, 0.717) is 5.92 Å². The van der Waals surface area contributed by atoms with Crippen LogP contribution in [0, 0.1) is 19.8 Å². The number of fused-ring (bicyclic) bond motifs is 1. The third-order valence-electron chi connectivity index (χ3n) is 3.06. The molecule has 2 nitrogen and oxygen atoms in total. The molecule has 0 unspecified atom stereocenters. The zero-order valence-corrected chi connectivity index (χ0v) is 10.2. The summed E-state index contributed by atoms with van der Waals surface area (Å²) < 4.78 is 0. The summed E-state index contributed by atoms with van der Waals surface area (Å²) in [5.41, 5.74) is 6.57. The molecule has 0 aromatic carbocycles. The molecule has 0 atom stereocenters. The van der Waals surface area contributed by atoms with Crippen molar-refractivity contribution in [2.75, 3.05) is 0 Å². The third-order valence-corrected chi connectivity index (χ3v) is 3.06. The summed E-state index contributed by atoms with van der Waals surface area (Å²) in [6, 6.07) is 0. The van der Waals surface area contributed by atoms with E-state index in [1.54, 1.807) is 0 Å². The average Bonchev–Trinajstić information content (AvgIpc) is 2.41. The van der Waals surface area contributed by atoms with Crippen molar-refractivity contribution in [1.82, 2.24) is 9.97 Å². The molecule has 0 amide bonds. The van der Waals surface area contributed by atoms with Gasteiger partial charge in [0.25, 0.3) is 0 Å². The van der Waals surface area contributed by atoms with Crippen LogP contribution in [0.5, 0.6) is 0 Å². The zero-order chi connectivity index (χ0) is 11.2. The Bertz CT molecular complexity index is 442. The highest BCUT2D eigenvalue weighted by molar-refractivity contribution is 5.75. The average molecular weight is 202 g/mol. The normalized spacial score (nSPS) is 15.1. The molecule has 0 saturated carbocycles. The lowest BCUT2D eigenvalue weighted by atomic mass is 9.99. The Labute approximate surface area is 91.5 Å². The summed E-state index contributed by atoms with van der Waals surface area (Å²) in [4.78, 5) is 9.03. The molecule has 15 heavy (non-hydrogen) atoms. The highest BCUT2D eigenvalue weighted by Gasteiger charge is 2.24. The lowest BCUT2D eigenvalue weighted by molar-refractivity contribution is 0.841. The fraction of sp³-hybridized carbons (Fsp3) is 0.538. The Balaban J connectivity index is 2.62. The van der Waals surface area contributed by atoms with E-state index in [-0.39, 0.29) is 0 Å². The van der Waals surface area contributed by atoms with Gasteiger partial charge in [-0.2, -0.15) is 0 Å². The second kappa shape index (κ2) is 3.44. The molecule has 0 fully saturated rings. The van der Waals surface area contributed by atoms with Crippen LogP contribution < -0.4 is 0 Å². The quantitative estimate of drug-likeness (QED) is 0.699. The van der Waals surface area contributed by atoms with Crippen LogP contribution in [0.4, 0.5) is 0 Å². The van der Waals surface area contributed by atoms with Crippen molar-refractivity contribution >= 4 is 5.57 Å². The fourth-order valence-corrected chi connectivity index (χ4v) is 2.50. The van der Waals surface area contributed by atoms with E-state index < -0.39 is 0 Å². The molecule has 1 heterocycles. The monoisotopic (exact) mass is 202 g/mol. The maximum Gasteiger partial charge on any atom is 0.126 e. The first-order valence-electron chi connectivity index (χ1n) is 5.54. The number of nitrogens with zero attached hydrogens (tertiary/aromatic N) is 2. The molecular formula is C13H18N2. The zero-order valence-electron chi connectivity index (χ0n) is 10.2. The molecule has 0 bridgehead atoms. The predicted molar refractivity (Wildman–Crippen MR) is 62.6 cm³/mol. The van der Waals surface area contributed by atoms with Gasteiger partial charge in [-0.25, -0.2) is 9.97 Å². The second-order valence-electron chi connectivity index (χ2n) is 4.71. The van der Waals surface area contributed by atoms with Crippen LogP contribution in [-0.2, 0) is 6.42 Å². The highest BCUT2D eigenvalue weighted by atomic mass is 14.9. The Hall–Kier alpha value is -1.18. The van der Waals surface area contributed by atoms with Crippen molar-refractivity contribution < 1.29 is 0 Å². The second-order valence-corrected chi connectivity index (χ2v) is 4.71. The van der Waals surface area contributed by atoms with Gasteiger partial charge in [0.05, 0.1) is 5.69 Å². The lowest BCUT2D eigenvalue weighted by Crippen LogP contribution is -2.02. The molecular weight excluding hydrogens is 184 g/mol. The Morgan fingerprint density at radius 2 is 1.73 bits per heavy atom. The first kappa shape index (κ1) is 10.3. The van der Waals surface area contributed by atoms with Crippen LogP contribution in [0.1, 0.15) is 43.5 Å². The van der Waals surface area contributed by atoms with Crippen molar-refractivity contribution in [3.05, 3.63) is 28.3 Å². The Morgan fingerprint density at radius 3 is 2.33 bits per heavy atom. The molecule has 80 valence electrons. The predicted octanol–water partition coefficient (Wildman–Crippen LogP) is 3.08. The molecule has 0 spiro atoms. The van der Waals surface area contributed by atoms with E-state index >= 15 is 0 Å². The van der Waals surface area contributed by atoms with Gasteiger partial charge in [0, 0.05) is 11.3 Å². The number of hydrogen-bond donors (Lipinski definition) is 0. The minimum atomic E-state index is 0.556. The molecule has 1 aromatic heterocycles. The van der Waals surface area contributed by atoms with Gasteiger partial charge >= 0.3 is 0 Å². The number of aryl methyl sites for hydroxylation is 2. The first-order chi connectivity index (χ1) is 7.00. The van der Waals surface area contributed by atoms with Crippen molar-refractivity contribution in [1.29, 1.82) is 0 Å². The Morgan fingerprint density at radius 1 is 1.07 bits per heavy atom. The summed E-state index contributed by atoms with van der Waals surface area (Å²) in [5, 5.41) is 0. The third kappa shape index (κ3) is 1.58. The number of rotatable bonds is 1. The van der Waals surface area contributed by atoms with E-state index in [0.717, 1.165) is 17.9 Å². The molecule has 1 aliphatic rings. The molecule has 1 aromatic rings. The van der Waals surface area contributed by atoms with Crippen LogP contribution in [0.15, 0.2) is 5.57 Å². The maximum absolute atomic E-state index is 4.60. The van der Waals surface area contributed by atoms with Crippen molar-refractivity contribution in [3.63, 3.8) is 0 Å². The summed E-state index contributed by atoms with van der Waals surface area (Å²) in [6.07, 6.45) is 1.04. The van der Waals surface area contributed by atoms with Gasteiger partial charge in [0.2, 0.25) is 0 Å². The topological polar surface area (TPSA) is 25.8 Å². The largest absolute Gasteiger partial charge is 0.238 e. The number of hydrogen-bond acceptors (Lipinski definition) is 2. The summed E-state index contributed by atoms with van der Waals surface area (Å²) >= 11 is 0. The van der Waals surface area contributed by atoms with E-state index in [1.807, 2.05) is 6.92 Å². The highest BCUT2D eigenvalue weighted by Crippen LogP contribution is 2.36. The lowest BCUT2D eigenvalue weighted by Gasteiger charge is -2.10. The van der Waals surface area contributed by atoms with Gasteiger partial charge in [-0.05, 0) is 38.7 Å². The van der Waals surface area contributed by atoms with Crippen LogP contribution in [0.25, 0.3) is 5.57 Å². The number of aromatic nitrogens is 2. The molecule has 2 rings (SSSR count). The molecule has 1 aliphatic carbocycles. The van der Waals surface area contributed by atoms with Gasteiger partial charge in [0.1, 0.15) is 5.82 Å². The van der Waals surface area contributed by atoms with Gasteiger partial charge in [-0.3, -0.25) is 0 Å². The van der Waals surface area contributed by atoms with Gasteiger partial charge < -0.3 is 0 Å². The SMILES string of the molecule is CC1=C(C(C)C)c2nc(C)nc(C)c2C1. The summed E-state index contributed by atoms with van der Waals surface area (Å²) in [7, 11) is 0. The van der Waals surface area contributed by atoms with Crippen LogP contribution in [0.2, 0.25) is 0 Å². The van der Waals surface area contributed by atoms with Crippen molar-refractivity contribution in [2.24, 2.45) is 5.92 Å². The minimum absolute atomic E-state index is 0.556. The summed E-state index contributed by atoms with van der Waals surface area (Å²) in [6.45, 7) is 10.7. The molecule has 0 aliphatic heterocycles. The van der Waals surface area contributed by atoms with E-state index in [2.05, 4.69) is 37.7 Å². The van der Waals surface area contributed by atoms with Gasteiger partial charge in [0.15, 0.2) is 0 Å². The van der Waals surface area contributed by atoms with E-state index in [4.69, 9.17) is 0 Å². The van der Waals surface area contributed by atoms with Crippen LogP contribution >= 0.6 is 0 Å². The number of allylic oxidation sites excluding steroid dienone is 2. The maximum atomic E-state index is 4.60. The molecule has 2 heteroatoms. The van der Waals surface area contributed by atoms with E-state index in [1.165, 1.54) is 22.4 Å². The minimum Gasteiger partial charge on any atom is -0.238 e. The standard InChI is InChI=1S/C13H18N2/c1-7(2)12-8(3)6-11-9(4)14-10(5)15-13(11)12/h7H,6H2,1-5H3. The van der Waals surface area contributed by atoms with E-state index in [9.17, 15) is 0 Å². The Kier molecular flexibility index (Phi) is 2.37. The smallest absolute Gasteiger partial charge is 0.126 e. The van der Waals surface area contributed by atoms with Crippen molar-refractivity contribution in [3.8, 4) is 0 Å². The summed E-state index contributed by atoms with van der Waals surface area (Å²) in [5.74, 6) is 1.44. The molecule has 0 saturated heterocycles. The van der Waals surface area contributed by atoms with Crippen LogP contribution in [-0.4, -0.2) is 9.97 Å². The van der Waals surface area contributed by atoms with Crippen LogP contribution in [0.3, 0.4) is 0 Å².